The van der Waals surface area contributed by atoms with E-state index in [9.17, 15) is 0 Å². The Morgan fingerprint density at radius 2 is 2.14 bits per heavy atom. The molecule has 0 saturated heterocycles. The Morgan fingerprint density at radius 3 is 2.71 bits per heavy atom. The van der Waals surface area contributed by atoms with Crippen LogP contribution in [0.3, 0.4) is 0 Å². The Hall–Kier alpha value is -0.0600. The quantitative estimate of drug-likeness (QED) is 0.859. The van der Waals surface area contributed by atoms with E-state index in [4.69, 9.17) is 5.73 Å². The highest BCUT2D eigenvalue weighted by Gasteiger charge is 2.23. The zero-order valence-electron chi connectivity index (χ0n) is 7.90. The Balaban J connectivity index is 0.000000980. The molecular formula is C9H15BrClN3. The molecule has 0 aromatic carbocycles. The van der Waals surface area contributed by atoms with Crippen molar-refractivity contribution in [1.82, 2.24) is 9.78 Å². The van der Waals surface area contributed by atoms with Crippen molar-refractivity contribution in [2.24, 2.45) is 5.73 Å². The topological polar surface area (TPSA) is 43.8 Å². The summed E-state index contributed by atoms with van der Waals surface area (Å²) in [6.07, 6.45) is 8.66. The van der Waals surface area contributed by atoms with Gasteiger partial charge in [0.25, 0.3) is 0 Å². The largest absolute Gasteiger partial charge is 0.326 e. The van der Waals surface area contributed by atoms with Crippen molar-refractivity contribution in [2.75, 3.05) is 0 Å². The van der Waals surface area contributed by atoms with Gasteiger partial charge < -0.3 is 5.73 Å². The molecule has 1 aliphatic carbocycles. The molecule has 2 rings (SSSR count). The highest BCUT2D eigenvalue weighted by molar-refractivity contribution is 9.10. The molecule has 80 valence electrons. The summed E-state index contributed by atoms with van der Waals surface area (Å²) in [5.74, 6) is 0. The second kappa shape index (κ2) is 5.14. The van der Waals surface area contributed by atoms with Crippen LogP contribution in [0.5, 0.6) is 0 Å². The molecular weight excluding hydrogens is 265 g/mol. The molecule has 0 radical (unpaired) electrons. The molecule has 3 nitrogen and oxygen atoms in total. The monoisotopic (exact) mass is 279 g/mol. The third-order valence-electron chi connectivity index (χ3n) is 2.69. The molecule has 0 amide bonds. The maximum absolute atomic E-state index is 6.04. The van der Waals surface area contributed by atoms with Gasteiger partial charge in [-0.1, -0.05) is 12.8 Å². The molecule has 1 heterocycles. The first-order chi connectivity index (χ1) is 6.27. The summed E-state index contributed by atoms with van der Waals surface area (Å²) in [6.45, 7) is 0. The van der Waals surface area contributed by atoms with E-state index in [1.165, 1.54) is 12.8 Å². The molecule has 0 unspecified atom stereocenters. The lowest BCUT2D eigenvalue weighted by molar-refractivity contribution is 0.286. The number of hydrogen-bond donors (Lipinski definition) is 1. The van der Waals surface area contributed by atoms with Gasteiger partial charge in [0.1, 0.15) is 0 Å². The SMILES string of the molecule is Cl.N[C@@H]1CCCC[C@@H]1n1cc(Br)cn1. The molecule has 1 aromatic heterocycles. The number of hydrogen-bond acceptors (Lipinski definition) is 2. The molecule has 1 aromatic rings. The van der Waals surface area contributed by atoms with Crippen molar-refractivity contribution < 1.29 is 0 Å². The van der Waals surface area contributed by atoms with Crippen LogP contribution in [0.4, 0.5) is 0 Å². The fourth-order valence-electron chi connectivity index (χ4n) is 1.96. The molecule has 2 atom stereocenters. The van der Waals surface area contributed by atoms with Gasteiger partial charge in [-0.25, -0.2) is 0 Å². The number of halogens is 2. The Bertz CT molecular complexity index is 289. The maximum Gasteiger partial charge on any atom is 0.0670 e. The van der Waals surface area contributed by atoms with Crippen LogP contribution in [0.25, 0.3) is 0 Å². The van der Waals surface area contributed by atoms with Gasteiger partial charge in [-0.3, -0.25) is 4.68 Å². The van der Waals surface area contributed by atoms with E-state index in [1.807, 2.05) is 17.1 Å². The van der Waals surface area contributed by atoms with E-state index in [0.29, 0.717) is 6.04 Å². The van der Waals surface area contributed by atoms with Gasteiger partial charge in [0.05, 0.1) is 16.7 Å². The summed E-state index contributed by atoms with van der Waals surface area (Å²) in [6, 6.07) is 0.681. The van der Waals surface area contributed by atoms with E-state index >= 15 is 0 Å². The van der Waals surface area contributed by atoms with E-state index < -0.39 is 0 Å². The minimum atomic E-state index is 0. The zero-order valence-corrected chi connectivity index (χ0v) is 10.3. The van der Waals surface area contributed by atoms with E-state index in [2.05, 4.69) is 21.0 Å². The number of nitrogens with zero attached hydrogens (tertiary/aromatic N) is 2. The lowest BCUT2D eigenvalue weighted by Crippen LogP contribution is -2.35. The molecule has 2 N–H and O–H groups in total. The van der Waals surface area contributed by atoms with Gasteiger partial charge in [-0.15, -0.1) is 12.4 Å². The minimum absolute atomic E-state index is 0. The third-order valence-corrected chi connectivity index (χ3v) is 3.10. The van der Waals surface area contributed by atoms with Crippen molar-refractivity contribution in [1.29, 1.82) is 0 Å². The van der Waals surface area contributed by atoms with Crippen LogP contribution in [0, 0.1) is 0 Å². The van der Waals surface area contributed by atoms with Crippen LogP contribution < -0.4 is 5.73 Å². The van der Waals surface area contributed by atoms with Crippen molar-refractivity contribution in [2.45, 2.75) is 37.8 Å². The fourth-order valence-corrected chi connectivity index (χ4v) is 2.27. The molecule has 1 fully saturated rings. The highest BCUT2D eigenvalue weighted by Crippen LogP contribution is 2.27. The third kappa shape index (κ3) is 2.49. The lowest BCUT2D eigenvalue weighted by atomic mass is 9.91. The summed E-state index contributed by atoms with van der Waals surface area (Å²) in [5.41, 5.74) is 6.04. The Labute approximate surface area is 98.6 Å². The standard InChI is InChI=1S/C9H14BrN3.ClH/c10-7-5-12-13(6-7)9-4-2-1-3-8(9)11;/h5-6,8-9H,1-4,11H2;1H/t8-,9+;/m1./s1. The lowest BCUT2D eigenvalue weighted by Gasteiger charge is -2.28. The van der Waals surface area contributed by atoms with Gasteiger partial charge in [-0.05, 0) is 28.8 Å². The number of rotatable bonds is 1. The average Bonchev–Trinajstić information content (AvgIpc) is 2.53. The molecule has 1 aliphatic rings. The fraction of sp³-hybridized carbons (Fsp3) is 0.667. The van der Waals surface area contributed by atoms with E-state index in [-0.39, 0.29) is 18.4 Å². The highest BCUT2D eigenvalue weighted by atomic mass is 79.9. The summed E-state index contributed by atoms with van der Waals surface area (Å²) in [5, 5.41) is 4.28. The van der Waals surface area contributed by atoms with Crippen LogP contribution in [0.1, 0.15) is 31.7 Å². The van der Waals surface area contributed by atoms with Gasteiger partial charge in [0.2, 0.25) is 0 Å². The minimum Gasteiger partial charge on any atom is -0.326 e. The first-order valence-electron chi connectivity index (χ1n) is 4.72. The van der Waals surface area contributed by atoms with Crippen LogP contribution in [0.15, 0.2) is 16.9 Å². The first-order valence-corrected chi connectivity index (χ1v) is 5.52. The molecule has 0 spiro atoms. The van der Waals surface area contributed by atoms with Crippen molar-refractivity contribution >= 4 is 28.3 Å². The van der Waals surface area contributed by atoms with Crippen LogP contribution in [-0.2, 0) is 0 Å². The zero-order chi connectivity index (χ0) is 9.26. The molecule has 0 aliphatic heterocycles. The Morgan fingerprint density at radius 1 is 1.43 bits per heavy atom. The van der Waals surface area contributed by atoms with Gasteiger partial charge in [0.15, 0.2) is 0 Å². The predicted octanol–water partition coefficient (Wildman–Crippen LogP) is 2.51. The summed E-state index contributed by atoms with van der Waals surface area (Å²) >= 11 is 3.39. The van der Waals surface area contributed by atoms with Crippen LogP contribution >= 0.6 is 28.3 Å². The average molecular weight is 281 g/mol. The van der Waals surface area contributed by atoms with Gasteiger partial charge >= 0.3 is 0 Å². The number of aromatic nitrogens is 2. The van der Waals surface area contributed by atoms with Crippen molar-refractivity contribution in [3.05, 3.63) is 16.9 Å². The first kappa shape index (κ1) is 12.0. The van der Waals surface area contributed by atoms with Crippen molar-refractivity contribution in [3.8, 4) is 0 Å². The molecule has 0 bridgehead atoms. The second-order valence-corrected chi connectivity index (χ2v) is 4.57. The summed E-state index contributed by atoms with van der Waals surface area (Å²) < 4.78 is 3.03. The molecule has 14 heavy (non-hydrogen) atoms. The van der Waals surface area contributed by atoms with Crippen LogP contribution in [0.2, 0.25) is 0 Å². The van der Waals surface area contributed by atoms with Crippen molar-refractivity contribution in [3.63, 3.8) is 0 Å². The maximum atomic E-state index is 6.04. The predicted molar refractivity (Wildman–Crippen MR) is 62.7 cm³/mol. The normalized spacial score (nSPS) is 27.0. The van der Waals surface area contributed by atoms with E-state index in [1.54, 1.807) is 0 Å². The second-order valence-electron chi connectivity index (χ2n) is 3.65. The van der Waals surface area contributed by atoms with Gasteiger partial charge in [0, 0.05) is 12.2 Å². The summed E-state index contributed by atoms with van der Waals surface area (Å²) in [4.78, 5) is 0. The summed E-state index contributed by atoms with van der Waals surface area (Å²) in [7, 11) is 0. The smallest absolute Gasteiger partial charge is 0.0670 e. The molecule has 5 heteroatoms. The van der Waals surface area contributed by atoms with Gasteiger partial charge in [-0.2, -0.15) is 5.10 Å². The van der Waals surface area contributed by atoms with Crippen LogP contribution in [-0.4, -0.2) is 15.8 Å². The molecule has 1 saturated carbocycles. The Kier molecular flexibility index (Phi) is 4.41. The van der Waals surface area contributed by atoms with E-state index in [0.717, 1.165) is 17.3 Å². The number of nitrogens with two attached hydrogens (primary N) is 1.